The zero-order chi connectivity index (χ0) is 13.7. The van der Waals surface area contributed by atoms with Gasteiger partial charge in [0.2, 0.25) is 0 Å². The van der Waals surface area contributed by atoms with E-state index in [9.17, 15) is 9.00 Å². The lowest BCUT2D eigenvalue weighted by atomic mass is 10.2. The van der Waals surface area contributed by atoms with Crippen LogP contribution in [-0.2, 0) is 10.8 Å². The lowest BCUT2D eigenvalue weighted by Gasteiger charge is -2.14. The topological polar surface area (TPSA) is 46.2 Å². The Morgan fingerprint density at radius 1 is 1.44 bits per heavy atom. The smallest absolute Gasteiger partial charge is 0.252 e. The highest BCUT2D eigenvalue weighted by molar-refractivity contribution is 9.11. The van der Waals surface area contributed by atoms with E-state index in [0.717, 1.165) is 8.95 Å². The van der Waals surface area contributed by atoms with Gasteiger partial charge >= 0.3 is 0 Å². The van der Waals surface area contributed by atoms with E-state index in [0.29, 0.717) is 17.7 Å². The molecule has 0 aliphatic rings. The zero-order valence-electron chi connectivity index (χ0n) is 10.2. The van der Waals surface area contributed by atoms with Crippen LogP contribution in [0.15, 0.2) is 27.1 Å². The van der Waals surface area contributed by atoms with Gasteiger partial charge in [-0.15, -0.1) is 0 Å². The van der Waals surface area contributed by atoms with Gasteiger partial charge < -0.3 is 5.32 Å². The molecule has 1 N–H and O–H groups in total. The normalized spacial score (nSPS) is 14.0. The summed E-state index contributed by atoms with van der Waals surface area (Å²) in [6, 6.07) is 5.46. The van der Waals surface area contributed by atoms with Crippen molar-refractivity contribution in [3.63, 3.8) is 0 Å². The summed E-state index contributed by atoms with van der Waals surface area (Å²) in [6.07, 6.45) is 2.37. The Labute approximate surface area is 126 Å². The second kappa shape index (κ2) is 7.40. The number of nitrogens with one attached hydrogen (secondary N) is 1. The van der Waals surface area contributed by atoms with Gasteiger partial charge in [0.25, 0.3) is 5.91 Å². The van der Waals surface area contributed by atoms with E-state index in [-0.39, 0.29) is 11.9 Å². The lowest BCUT2D eigenvalue weighted by molar-refractivity contribution is 0.0938. The highest BCUT2D eigenvalue weighted by Crippen LogP contribution is 2.21. The average molecular weight is 397 g/mol. The third-order valence-corrected chi connectivity index (χ3v) is 4.38. The third-order valence-electron chi connectivity index (χ3n) is 2.39. The molecule has 1 amide bonds. The van der Waals surface area contributed by atoms with Crippen molar-refractivity contribution in [3.8, 4) is 0 Å². The molecule has 1 rings (SSSR count). The van der Waals surface area contributed by atoms with Crippen LogP contribution in [0.3, 0.4) is 0 Å². The van der Waals surface area contributed by atoms with Gasteiger partial charge in [0.15, 0.2) is 0 Å². The molecule has 0 fully saturated rings. The predicted octanol–water partition coefficient (Wildman–Crippen LogP) is 3.10. The van der Waals surface area contributed by atoms with E-state index in [4.69, 9.17) is 0 Å². The first-order valence-electron chi connectivity index (χ1n) is 5.46. The molecule has 2 unspecified atom stereocenters. The first-order chi connectivity index (χ1) is 8.40. The molecule has 3 nitrogen and oxygen atoms in total. The van der Waals surface area contributed by atoms with Crippen molar-refractivity contribution < 1.29 is 9.00 Å². The molecule has 0 heterocycles. The molecule has 0 saturated carbocycles. The van der Waals surface area contributed by atoms with Gasteiger partial charge in [0.05, 0.1) is 5.56 Å². The summed E-state index contributed by atoms with van der Waals surface area (Å²) < 4.78 is 12.6. The van der Waals surface area contributed by atoms with Crippen molar-refractivity contribution in [2.75, 3.05) is 12.0 Å². The molecule has 18 heavy (non-hydrogen) atoms. The minimum Gasteiger partial charge on any atom is -0.350 e. The standard InChI is InChI=1S/C12H15Br2NO2S/c1-8(5-6-18(2)17)15-12(16)10-7-9(13)3-4-11(10)14/h3-4,7-8H,5-6H2,1-2H3,(H,15,16). The molecule has 1 aromatic rings. The second-order valence-corrected chi connectivity index (χ2v) is 7.39. The van der Waals surface area contributed by atoms with Crippen LogP contribution in [0.2, 0.25) is 0 Å². The second-order valence-electron chi connectivity index (χ2n) is 4.06. The Balaban J connectivity index is 2.64. The highest BCUT2D eigenvalue weighted by atomic mass is 79.9. The Hall–Kier alpha value is -0.200. The van der Waals surface area contributed by atoms with Crippen molar-refractivity contribution in [1.82, 2.24) is 5.32 Å². The fourth-order valence-electron chi connectivity index (χ4n) is 1.39. The van der Waals surface area contributed by atoms with E-state index in [1.54, 1.807) is 12.3 Å². The summed E-state index contributed by atoms with van der Waals surface area (Å²) in [6.45, 7) is 1.91. The maximum atomic E-state index is 12.0. The van der Waals surface area contributed by atoms with E-state index in [1.165, 1.54) is 0 Å². The fraction of sp³-hybridized carbons (Fsp3) is 0.417. The quantitative estimate of drug-likeness (QED) is 0.831. The zero-order valence-corrected chi connectivity index (χ0v) is 14.2. The molecular weight excluding hydrogens is 382 g/mol. The summed E-state index contributed by atoms with van der Waals surface area (Å²) >= 11 is 6.69. The molecule has 100 valence electrons. The summed E-state index contributed by atoms with van der Waals surface area (Å²) in [7, 11) is -0.822. The summed E-state index contributed by atoms with van der Waals surface area (Å²) in [5.41, 5.74) is 0.592. The molecule has 0 aliphatic carbocycles. The first-order valence-corrected chi connectivity index (χ1v) is 8.77. The predicted molar refractivity (Wildman–Crippen MR) is 82.3 cm³/mol. The maximum absolute atomic E-state index is 12.0. The largest absolute Gasteiger partial charge is 0.350 e. The Morgan fingerprint density at radius 2 is 2.11 bits per heavy atom. The van der Waals surface area contributed by atoms with E-state index < -0.39 is 10.8 Å². The van der Waals surface area contributed by atoms with Crippen molar-refractivity contribution in [2.45, 2.75) is 19.4 Å². The molecule has 2 atom stereocenters. The summed E-state index contributed by atoms with van der Waals surface area (Å²) in [5.74, 6) is 0.471. The van der Waals surface area contributed by atoms with Crippen LogP contribution < -0.4 is 5.32 Å². The Morgan fingerprint density at radius 3 is 2.72 bits per heavy atom. The van der Waals surface area contributed by atoms with Gasteiger partial charge in [0, 0.05) is 37.8 Å². The highest BCUT2D eigenvalue weighted by Gasteiger charge is 2.13. The van der Waals surface area contributed by atoms with E-state index in [2.05, 4.69) is 37.2 Å². The van der Waals surface area contributed by atoms with Crippen LogP contribution >= 0.6 is 31.9 Å². The maximum Gasteiger partial charge on any atom is 0.252 e. The Kier molecular flexibility index (Phi) is 6.52. The van der Waals surface area contributed by atoms with Gasteiger partial charge in [-0.2, -0.15) is 0 Å². The molecule has 1 aromatic carbocycles. The van der Waals surface area contributed by atoms with Crippen molar-refractivity contribution in [1.29, 1.82) is 0 Å². The molecular formula is C12H15Br2NO2S. The number of amides is 1. The number of hydrogen-bond donors (Lipinski definition) is 1. The number of carbonyl (C=O) groups is 1. The fourth-order valence-corrected chi connectivity index (χ4v) is 2.86. The van der Waals surface area contributed by atoms with Crippen LogP contribution in [0.1, 0.15) is 23.7 Å². The lowest BCUT2D eigenvalue weighted by Crippen LogP contribution is -2.33. The monoisotopic (exact) mass is 395 g/mol. The number of benzene rings is 1. The SMILES string of the molecule is CC(CCS(C)=O)NC(=O)c1cc(Br)ccc1Br. The molecule has 0 saturated heterocycles. The molecule has 0 spiro atoms. The van der Waals surface area contributed by atoms with Gasteiger partial charge in [-0.25, -0.2) is 0 Å². The molecule has 0 radical (unpaired) electrons. The minimum absolute atomic E-state index is 0.00674. The van der Waals surface area contributed by atoms with Gasteiger partial charge in [-0.3, -0.25) is 9.00 Å². The van der Waals surface area contributed by atoms with Crippen molar-refractivity contribution in [3.05, 3.63) is 32.7 Å². The molecule has 0 aliphatic heterocycles. The van der Waals surface area contributed by atoms with Crippen LogP contribution in [0.25, 0.3) is 0 Å². The number of rotatable bonds is 5. The molecule has 0 bridgehead atoms. The summed E-state index contributed by atoms with van der Waals surface area (Å²) in [4.78, 5) is 12.0. The Bertz CT molecular complexity index is 465. The number of hydrogen-bond acceptors (Lipinski definition) is 2. The van der Waals surface area contributed by atoms with Gasteiger partial charge in [-0.1, -0.05) is 15.9 Å². The summed E-state index contributed by atoms with van der Waals surface area (Å²) in [5, 5.41) is 2.90. The van der Waals surface area contributed by atoms with Crippen LogP contribution in [-0.4, -0.2) is 28.2 Å². The molecule has 6 heteroatoms. The molecule has 0 aromatic heterocycles. The minimum atomic E-state index is -0.822. The third kappa shape index (κ3) is 5.20. The van der Waals surface area contributed by atoms with Gasteiger partial charge in [0.1, 0.15) is 0 Å². The van der Waals surface area contributed by atoms with Gasteiger partial charge in [-0.05, 0) is 47.5 Å². The average Bonchev–Trinajstić information content (AvgIpc) is 2.29. The van der Waals surface area contributed by atoms with E-state index >= 15 is 0 Å². The van der Waals surface area contributed by atoms with E-state index in [1.807, 2.05) is 19.1 Å². The van der Waals surface area contributed by atoms with Crippen LogP contribution in [0.4, 0.5) is 0 Å². The van der Waals surface area contributed by atoms with Crippen molar-refractivity contribution >= 4 is 48.6 Å². The first kappa shape index (κ1) is 15.9. The number of halogens is 2. The van der Waals surface area contributed by atoms with Crippen molar-refractivity contribution in [2.24, 2.45) is 0 Å². The van der Waals surface area contributed by atoms with Crippen LogP contribution in [0.5, 0.6) is 0 Å². The van der Waals surface area contributed by atoms with Crippen LogP contribution in [0, 0.1) is 0 Å². The number of carbonyl (C=O) groups excluding carboxylic acids is 1.